The van der Waals surface area contributed by atoms with Crippen molar-refractivity contribution < 1.29 is 0 Å². The first-order valence-electron chi connectivity index (χ1n) is 22.0. The van der Waals surface area contributed by atoms with Crippen LogP contribution in [0.4, 0.5) is 0 Å². The quantitative estimate of drug-likeness (QED) is 0.174. The minimum atomic E-state index is 0.0136. The van der Waals surface area contributed by atoms with Crippen molar-refractivity contribution in [2.75, 3.05) is 0 Å². The second-order valence-electron chi connectivity index (χ2n) is 23.6. The Bertz CT molecular complexity index is 2440. The highest BCUT2D eigenvalue weighted by Crippen LogP contribution is 2.62. The first kappa shape index (κ1) is 42.6. The van der Waals surface area contributed by atoms with E-state index in [0.717, 1.165) is 11.3 Å². The van der Waals surface area contributed by atoms with Crippen molar-refractivity contribution in [2.45, 2.75) is 157 Å². The molecule has 1 heteroatoms. The van der Waals surface area contributed by atoms with E-state index >= 15 is 0 Å². The summed E-state index contributed by atoms with van der Waals surface area (Å²) >= 11 is 0. The van der Waals surface area contributed by atoms with Gasteiger partial charge >= 0.3 is 0 Å². The molecule has 0 bridgehead atoms. The summed E-state index contributed by atoms with van der Waals surface area (Å²) in [5, 5.41) is 2.48. The highest BCUT2D eigenvalue weighted by Gasteiger charge is 2.56. The van der Waals surface area contributed by atoms with Crippen LogP contribution in [-0.4, -0.2) is 4.98 Å². The Morgan fingerprint density at radius 1 is 0.373 bits per heavy atom. The lowest BCUT2D eigenvalue weighted by atomic mass is 9.59. The molecule has 5 aromatic carbocycles. The zero-order valence-electron chi connectivity index (χ0n) is 39.8. The molecule has 0 saturated heterocycles. The topological polar surface area (TPSA) is 12.9 Å². The molecule has 1 aromatic heterocycles. The molecule has 6 aromatic rings. The van der Waals surface area contributed by atoms with Crippen molar-refractivity contribution in [1.82, 2.24) is 4.98 Å². The maximum absolute atomic E-state index is 5.12. The predicted molar refractivity (Wildman–Crippen MR) is 258 cm³/mol. The van der Waals surface area contributed by atoms with Gasteiger partial charge in [0, 0.05) is 17.1 Å². The highest BCUT2D eigenvalue weighted by atomic mass is 14.7. The van der Waals surface area contributed by atoms with Crippen LogP contribution in [0.5, 0.6) is 0 Å². The number of fused-ring (bicyclic) bond motifs is 2. The normalized spacial score (nSPS) is 16.4. The molecule has 1 nitrogen and oxygen atoms in total. The zero-order valence-corrected chi connectivity index (χ0v) is 39.8. The van der Waals surface area contributed by atoms with E-state index in [9.17, 15) is 0 Å². The molecule has 0 fully saturated rings. The third-order valence-electron chi connectivity index (χ3n) is 14.8. The van der Waals surface area contributed by atoms with E-state index in [1.54, 1.807) is 0 Å². The molecule has 59 heavy (non-hydrogen) atoms. The van der Waals surface area contributed by atoms with Gasteiger partial charge in [-0.15, -0.1) is 0 Å². The summed E-state index contributed by atoms with van der Waals surface area (Å²) in [5.74, 6) is 0. The summed E-state index contributed by atoms with van der Waals surface area (Å²) in [6.07, 6.45) is 2.00. The van der Waals surface area contributed by atoms with Gasteiger partial charge in [-0.1, -0.05) is 185 Å². The lowest BCUT2D eigenvalue weighted by Crippen LogP contribution is -2.42. The molecule has 1 aliphatic rings. The fourth-order valence-electron chi connectivity index (χ4n) is 9.23. The van der Waals surface area contributed by atoms with Crippen molar-refractivity contribution in [3.05, 3.63) is 137 Å². The molecule has 0 spiro atoms. The Kier molecular flexibility index (Phi) is 9.95. The second-order valence-corrected chi connectivity index (χ2v) is 23.6. The first-order chi connectivity index (χ1) is 27.0. The number of pyridine rings is 1. The fraction of sp³-hybridized carbons (Fsp3) is 0.431. The maximum atomic E-state index is 5.12. The molecule has 0 atom stereocenters. The van der Waals surface area contributed by atoms with E-state index in [1.807, 2.05) is 6.20 Å². The van der Waals surface area contributed by atoms with Gasteiger partial charge in [0.25, 0.3) is 0 Å². The highest BCUT2D eigenvalue weighted by molar-refractivity contribution is 5.97. The summed E-state index contributed by atoms with van der Waals surface area (Å²) in [7, 11) is 0. The third-order valence-corrected chi connectivity index (χ3v) is 14.8. The minimum Gasteiger partial charge on any atom is -0.256 e. The van der Waals surface area contributed by atoms with Gasteiger partial charge < -0.3 is 0 Å². The van der Waals surface area contributed by atoms with Crippen LogP contribution in [0.15, 0.2) is 103 Å². The first-order valence-corrected chi connectivity index (χ1v) is 22.0. The van der Waals surface area contributed by atoms with Crippen molar-refractivity contribution in [3.8, 4) is 44.6 Å². The van der Waals surface area contributed by atoms with E-state index in [-0.39, 0.29) is 37.9 Å². The number of nitrogens with zero attached hydrogens (tertiary/aromatic N) is 1. The van der Waals surface area contributed by atoms with E-state index in [4.69, 9.17) is 4.98 Å². The van der Waals surface area contributed by atoms with Gasteiger partial charge in [-0.25, -0.2) is 0 Å². The number of hydrogen-bond acceptors (Lipinski definition) is 1. The minimum absolute atomic E-state index is 0.0136. The van der Waals surface area contributed by atoms with Crippen molar-refractivity contribution in [2.24, 2.45) is 5.41 Å². The van der Waals surface area contributed by atoms with Crippen LogP contribution >= 0.6 is 0 Å². The number of hydrogen-bond donors (Lipinski definition) is 0. The fourth-order valence-corrected chi connectivity index (χ4v) is 9.23. The van der Waals surface area contributed by atoms with Crippen molar-refractivity contribution in [1.29, 1.82) is 0 Å². The van der Waals surface area contributed by atoms with E-state index in [2.05, 4.69) is 222 Å². The number of rotatable bonds is 4. The van der Waals surface area contributed by atoms with Crippen molar-refractivity contribution in [3.63, 3.8) is 0 Å². The lowest BCUT2D eigenvalue weighted by molar-refractivity contribution is 0.125. The smallest absolute Gasteiger partial charge is 0.0780 e. The molecule has 0 amide bonds. The van der Waals surface area contributed by atoms with Gasteiger partial charge in [0.2, 0.25) is 0 Å². The van der Waals surface area contributed by atoms with Crippen molar-refractivity contribution >= 4 is 10.8 Å². The summed E-state index contributed by atoms with van der Waals surface area (Å²) in [5.41, 5.74) is 18.2. The molecule has 0 saturated carbocycles. The standard InChI is InChI=1S/C58H71N/c1-52(2,3)44-28-42(29-45(33-44)53(4,5)6)40-25-39(26-41(27-40)43-30-46(54(7,8)9)34-47(31-43)55(10,11)12)36-20-19-21-38(24-36)51-48-35-50-49(32-37(48)22-23-59-51)56(13,14)58(17,18)57(50,15)16/h19-35H,1-18H3. The molecule has 1 aliphatic carbocycles. The van der Waals surface area contributed by atoms with E-state index < -0.39 is 0 Å². The zero-order chi connectivity index (χ0) is 43.5. The van der Waals surface area contributed by atoms with Gasteiger partial charge in [0.05, 0.1) is 5.69 Å². The molecule has 0 radical (unpaired) electrons. The monoisotopic (exact) mass is 782 g/mol. The molecule has 308 valence electrons. The van der Waals surface area contributed by atoms with Gasteiger partial charge in [-0.05, 0) is 146 Å². The summed E-state index contributed by atoms with van der Waals surface area (Å²) < 4.78 is 0. The van der Waals surface area contributed by atoms with E-state index in [0.29, 0.717) is 0 Å². The van der Waals surface area contributed by atoms with Crippen LogP contribution in [0.1, 0.15) is 158 Å². The van der Waals surface area contributed by atoms with Gasteiger partial charge in [0.15, 0.2) is 0 Å². The molecular weight excluding hydrogens is 711 g/mol. The van der Waals surface area contributed by atoms with Crippen LogP contribution in [0.3, 0.4) is 0 Å². The van der Waals surface area contributed by atoms with Gasteiger partial charge in [0.1, 0.15) is 0 Å². The summed E-state index contributed by atoms with van der Waals surface area (Å²) in [6, 6.07) is 38.1. The predicted octanol–water partition coefficient (Wildman–Crippen LogP) is 16.7. The van der Waals surface area contributed by atoms with Gasteiger partial charge in [-0.3, -0.25) is 4.98 Å². The molecule has 0 N–H and O–H groups in total. The molecular formula is C58H71N. The largest absolute Gasteiger partial charge is 0.256 e. The Hall–Kier alpha value is -4.49. The Labute approximate surface area is 358 Å². The van der Waals surface area contributed by atoms with E-state index in [1.165, 1.54) is 77.5 Å². The van der Waals surface area contributed by atoms with Crippen LogP contribution in [0.2, 0.25) is 0 Å². The van der Waals surface area contributed by atoms with Crippen LogP contribution in [0, 0.1) is 5.41 Å². The number of benzene rings is 5. The molecule has 0 aliphatic heterocycles. The van der Waals surface area contributed by atoms with Crippen LogP contribution in [-0.2, 0) is 32.5 Å². The second kappa shape index (κ2) is 13.8. The third kappa shape index (κ3) is 7.51. The molecule has 7 rings (SSSR count). The average Bonchev–Trinajstić information content (AvgIpc) is 3.24. The maximum Gasteiger partial charge on any atom is 0.0780 e. The summed E-state index contributed by atoms with van der Waals surface area (Å²) in [6.45, 7) is 42.5. The average molecular weight is 782 g/mol. The molecule has 1 heterocycles. The SMILES string of the molecule is CC(C)(C)c1cc(-c2cc(-c3cccc(-c4nccc5cc6c(cc45)C(C)(C)C(C)(C)C6(C)C)c3)cc(-c3cc(C(C)(C)C)cc(C(C)(C)C)c3)c2)cc(C(C)(C)C)c1. The van der Waals surface area contributed by atoms with Gasteiger partial charge in [-0.2, -0.15) is 0 Å². The summed E-state index contributed by atoms with van der Waals surface area (Å²) in [4.78, 5) is 5.12. The molecule has 0 unspecified atom stereocenters. The van der Waals surface area contributed by atoms with Crippen LogP contribution < -0.4 is 0 Å². The Balaban J connectivity index is 1.47. The lowest BCUT2D eigenvalue weighted by Gasteiger charge is -2.44. The Morgan fingerprint density at radius 2 is 0.729 bits per heavy atom. The van der Waals surface area contributed by atoms with Crippen LogP contribution in [0.25, 0.3) is 55.4 Å². The number of aromatic nitrogens is 1. The Morgan fingerprint density at radius 3 is 1.15 bits per heavy atom.